The smallest absolute Gasteiger partial charge is 0.310 e. The van der Waals surface area contributed by atoms with Crippen molar-refractivity contribution in [2.24, 2.45) is 0 Å². The molecule has 1 N–H and O–H groups in total. The third kappa shape index (κ3) is 2.76. The van der Waals surface area contributed by atoms with Crippen molar-refractivity contribution in [3.8, 4) is 11.5 Å². The highest BCUT2D eigenvalue weighted by atomic mass is 31.2. The highest BCUT2D eigenvalue weighted by Crippen LogP contribution is 2.47. The zero-order chi connectivity index (χ0) is 15.4. The average Bonchev–Trinajstić information content (AvgIpc) is 2.57. The lowest BCUT2D eigenvalue weighted by Crippen LogP contribution is -2.20. The lowest BCUT2D eigenvalue weighted by Gasteiger charge is -2.21. The summed E-state index contributed by atoms with van der Waals surface area (Å²) in [6, 6.07) is 24.5. The predicted molar refractivity (Wildman–Crippen MR) is 88.5 cm³/mol. The summed E-state index contributed by atoms with van der Waals surface area (Å²) in [4.78, 5) is 0. The maximum atomic E-state index is 13.6. The maximum Gasteiger partial charge on any atom is 0.310 e. The van der Waals surface area contributed by atoms with E-state index >= 15 is 0 Å². The summed E-state index contributed by atoms with van der Waals surface area (Å²) in [6.07, 6.45) is 0. The number of para-hydroxylation sites is 2. The Bertz CT molecular complexity index is 801. The van der Waals surface area contributed by atoms with Crippen LogP contribution in [0.4, 0.5) is 0 Å². The molecule has 22 heavy (non-hydrogen) atoms. The molecule has 0 aliphatic carbocycles. The van der Waals surface area contributed by atoms with Crippen LogP contribution in [0.5, 0.6) is 11.5 Å². The van der Waals surface area contributed by atoms with E-state index in [0.29, 0.717) is 16.4 Å². The van der Waals surface area contributed by atoms with Gasteiger partial charge >= 0.3 is 7.37 Å². The van der Waals surface area contributed by atoms with Gasteiger partial charge in [0.25, 0.3) is 0 Å². The molecular weight excluding hydrogens is 295 g/mol. The van der Waals surface area contributed by atoms with Crippen molar-refractivity contribution in [3.05, 3.63) is 84.9 Å². The normalized spacial score (nSPS) is 13.3. The number of hydrogen-bond donors (Lipinski definition) is 1. The zero-order valence-corrected chi connectivity index (χ0v) is 12.7. The molecule has 0 fully saturated rings. The zero-order valence-electron chi connectivity index (χ0n) is 11.8. The second-order valence-electron chi connectivity index (χ2n) is 4.78. The van der Waals surface area contributed by atoms with Gasteiger partial charge in [0.2, 0.25) is 0 Å². The van der Waals surface area contributed by atoms with Crippen LogP contribution >= 0.6 is 7.37 Å². The number of aromatic hydroxyl groups is 1. The van der Waals surface area contributed by atoms with Crippen LogP contribution < -0.4 is 15.1 Å². The minimum Gasteiger partial charge on any atom is -0.507 e. The van der Waals surface area contributed by atoms with Crippen LogP contribution in [0.25, 0.3) is 0 Å². The van der Waals surface area contributed by atoms with Crippen LogP contribution in [0.15, 0.2) is 84.9 Å². The second kappa shape index (κ2) is 6.08. The molecule has 3 nitrogen and oxygen atoms in total. The lowest BCUT2D eigenvalue weighted by molar-refractivity contribution is 0.473. The number of hydrogen-bond acceptors (Lipinski definition) is 3. The number of phenols is 1. The Labute approximate surface area is 129 Å². The first-order chi connectivity index (χ1) is 10.7. The molecule has 0 spiro atoms. The summed E-state index contributed by atoms with van der Waals surface area (Å²) >= 11 is 0. The monoisotopic (exact) mass is 310 g/mol. The van der Waals surface area contributed by atoms with Crippen LogP contribution in [0.3, 0.4) is 0 Å². The van der Waals surface area contributed by atoms with Gasteiger partial charge in [-0.25, -0.2) is 0 Å². The van der Waals surface area contributed by atoms with Crippen LogP contribution in [-0.4, -0.2) is 5.11 Å². The topological polar surface area (TPSA) is 46.5 Å². The highest BCUT2D eigenvalue weighted by molar-refractivity contribution is 7.74. The first kappa shape index (κ1) is 14.4. The molecule has 1 unspecified atom stereocenters. The Kier molecular flexibility index (Phi) is 3.99. The van der Waals surface area contributed by atoms with Crippen molar-refractivity contribution < 1.29 is 14.2 Å². The van der Waals surface area contributed by atoms with E-state index in [9.17, 15) is 9.67 Å². The Morgan fingerprint density at radius 3 is 1.91 bits per heavy atom. The largest absolute Gasteiger partial charge is 0.507 e. The molecule has 0 saturated heterocycles. The number of rotatable bonds is 4. The van der Waals surface area contributed by atoms with Gasteiger partial charge in [-0.3, -0.25) is 4.57 Å². The molecule has 0 bridgehead atoms. The van der Waals surface area contributed by atoms with E-state index in [1.165, 1.54) is 6.07 Å². The predicted octanol–water partition coefficient (Wildman–Crippen LogP) is 3.70. The summed E-state index contributed by atoms with van der Waals surface area (Å²) in [5.41, 5.74) is 0. The van der Waals surface area contributed by atoms with Gasteiger partial charge in [0.05, 0.1) is 10.6 Å². The molecule has 0 aliphatic heterocycles. The van der Waals surface area contributed by atoms with Crippen LogP contribution in [0, 0.1) is 0 Å². The van der Waals surface area contributed by atoms with Gasteiger partial charge < -0.3 is 9.63 Å². The summed E-state index contributed by atoms with van der Waals surface area (Å²) in [6.45, 7) is 0. The minimum absolute atomic E-state index is 0.0365. The molecular formula is C18H15O3P. The SMILES string of the molecule is O=P(Oc1ccccc1)(c1ccccc1)c1ccccc1O. The van der Waals surface area contributed by atoms with Crippen molar-refractivity contribution in [2.75, 3.05) is 0 Å². The fourth-order valence-corrected chi connectivity index (χ4v) is 4.33. The van der Waals surface area contributed by atoms with Crippen molar-refractivity contribution >= 4 is 18.0 Å². The van der Waals surface area contributed by atoms with Gasteiger partial charge in [-0.2, -0.15) is 0 Å². The van der Waals surface area contributed by atoms with E-state index in [-0.39, 0.29) is 5.75 Å². The van der Waals surface area contributed by atoms with Gasteiger partial charge in [0.1, 0.15) is 11.5 Å². The van der Waals surface area contributed by atoms with E-state index in [1.54, 1.807) is 54.6 Å². The summed E-state index contributed by atoms with van der Waals surface area (Å²) in [5.74, 6) is 0.462. The Morgan fingerprint density at radius 1 is 0.727 bits per heavy atom. The van der Waals surface area contributed by atoms with E-state index in [1.807, 2.05) is 24.3 Å². The Hall–Kier alpha value is -2.51. The molecule has 3 aromatic rings. The third-order valence-corrected chi connectivity index (χ3v) is 5.73. The van der Waals surface area contributed by atoms with Gasteiger partial charge in [0, 0.05) is 0 Å². The third-order valence-electron chi connectivity index (χ3n) is 3.27. The van der Waals surface area contributed by atoms with Gasteiger partial charge in [-0.15, -0.1) is 0 Å². The molecule has 0 aromatic heterocycles. The molecule has 0 saturated carbocycles. The molecule has 1 atom stereocenters. The van der Waals surface area contributed by atoms with Crippen LogP contribution in [0.1, 0.15) is 0 Å². The number of benzene rings is 3. The van der Waals surface area contributed by atoms with E-state index in [2.05, 4.69) is 0 Å². The average molecular weight is 310 g/mol. The summed E-state index contributed by atoms with van der Waals surface area (Å²) in [5, 5.41) is 11.0. The van der Waals surface area contributed by atoms with Crippen molar-refractivity contribution in [3.63, 3.8) is 0 Å². The molecule has 110 valence electrons. The second-order valence-corrected chi connectivity index (χ2v) is 7.06. The standard InChI is InChI=1S/C18H15O3P/c19-17-13-7-8-14-18(17)22(20,16-11-5-2-6-12-16)21-15-9-3-1-4-10-15/h1-14,19H. The van der Waals surface area contributed by atoms with E-state index in [4.69, 9.17) is 4.52 Å². The van der Waals surface area contributed by atoms with Crippen LogP contribution in [-0.2, 0) is 4.57 Å². The highest BCUT2D eigenvalue weighted by Gasteiger charge is 2.32. The maximum absolute atomic E-state index is 13.6. The molecule has 0 radical (unpaired) electrons. The summed E-state index contributed by atoms with van der Waals surface area (Å²) < 4.78 is 19.5. The fraction of sp³-hybridized carbons (Fsp3) is 0. The van der Waals surface area contributed by atoms with Crippen molar-refractivity contribution in [1.82, 2.24) is 0 Å². The lowest BCUT2D eigenvalue weighted by atomic mass is 10.3. The molecule has 3 rings (SSSR count). The molecule has 0 amide bonds. The van der Waals surface area contributed by atoms with Crippen LogP contribution in [0.2, 0.25) is 0 Å². The fourth-order valence-electron chi connectivity index (χ4n) is 2.21. The van der Waals surface area contributed by atoms with Gasteiger partial charge in [0.15, 0.2) is 0 Å². The number of phenolic OH excluding ortho intramolecular Hbond substituents is 1. The van der Waals surface area contributed by atoms with E-state index in [0.717, 1.165) is 0 Å². The quantitative estimate of drug-likeness (QED) is 0.747. The van der Waals surface area contributed by atoms with Crippen molar-refractivity contribution in [1.29, 1.82) is 0 Å². The first-order valence-corrected chi connectivity index (χ1v) is 8.51. The Balaban J connectivity index is 2.15. The molecule has 0 heterocycles. The molecule has 3 aromatic carbocycles. The minimum atomic E-state index is -3.43. The van der Waals surface area contributed by atoms with E-state index < -0.39 is 7.37 Å². The molecule has 4 heteroatoms. The molecule has 0 aliphatic rings. The summed E-state index contributed by atoms with van der Waals surface area (Å²) in [7, 11) is -3.43. The van der Waals surface area contributed by atoms with Gasteiger partial charge in [-0.05, 0) is 36.4 Å². The van der Waals surface area contributed by atoms with Gasteiger partial charge in [-0.1, -0.05) is 48.5 Å². The Morgan fingerprint density at radius 2 is 1.27 bits per heavy atom. The van der Waals surface area contributed by atoms with Crippen molar-refractivity contribution in [2.45, 2.75) is 0 Å². The first-order valence-electron chi connectivity index (χ1n) is 6.89.